The highest BCUT2D eigenvalue weighted by Gasteiger charge is 2.62. The number of benzene rings is 1. The Morgan fingerprint density at radius 3 is 2.67 bits per heavy atom. The molecule has 2 aliphatic heterocycles. The van der Waals surface area contributed by atoms with Crippen LogP contribution >= 0.6 is 0 Å². The second-order valence-electron chi connectivity index (χ2n) is 6.13. The molecule has 0 N–H and O–H groups in total. The van der Waals surface area contributed by atoms with Crippen molar-refractivity contribution in [1.82, 2.24) is 0 Å². The third kappa shape index (κ3) is 2.49. The fraction of sp³-hybridized carbons (Fsp3) is 0.562. The van der Waals surface area contributed by atoms with Crippen LogP contribution in [0, 0.1) is 5.92 Å². The van der Waals surface area contributed by atoms with Gasteiger partial charge in [0.05, 0.1) is 24.6 Å². The van der Waals surface area contributed by atoms with Gasteiger partial charge in [-0.3, -0.25) is 4.79 Å². The molecule has 0 amide bonds. The summed E-state index contributed by atoms with van der Waals surface area (Å²) in [6.07, 6.45) is 0.267. The Morgan fingerprint density at radius 1 is 1.33 bits per heavy atom. The number of esters is 1. The zero-order valence-corrected chi connectivity index (χ0v) is 12.7. The molecule has 0 spiro atoms. The average Bonchev–Trinajstić information content (AvgIpc) is 2.84. The van der Waals surface area contributed by atoms with Crippen molar-refractivity contribution < 1.29 is 19.0 Å². The van der Waals surface area contributed by atoms with Crippen molar-refractivity contribution in [2.24, 2.45) is 5.92 Å². The number of hydrogen-bond acceptors (Lipinski definition) is 4. The zero-order chi connectivity index (χ0) is 15.0. The summed E-state index contributed by atoms with van der Waals surface area (Å²) in [5.74, 6) is -0.0114. The van der Waals surface area contributed by atoms with Crippen LogP contribution < -0.4 is 0 Å². The van der Waals surface area contributed by atoms with Gasteiger partial charge in [-0.05, 0) is 12.5 Å². The number of hydrogen-bond donors (Lipinski definition) is 0. The summed E-state index contributed by atoms with van der Waals surface area (Å²) in [6, 6.07) is 9.74. The topological polar surface area (TPSA) is 44.8 Å². The molecule has 3 rings (SSSR count). The Bertz CT molecular complexity index is 520. The van der Waals surface area contributed by atoms with Gasteiger partial charge in [0.1, 0.15) is 20.1 Å². The zero-order valence-electron chi connectivity index (χ0n) is 12.7. The van der Waals surface area contributed by atoms with Crippen LogP contribution in [0.4, 0.5) is 0 Å². The fourth-order valence-electron chi connectivity index (χ4n) is 3.61. The highest BCUT2D eigenvalue weighted by molar-refractivity contribution is 6.11. The van der Waals surface area contributed by atoms with Crippen molar-refractivity contribution in [3.05, 3.63) is 35.9 Å². The highest BCUT2D eigenvalue weighted by atomic mass is 16.6. The predicted octanol–water partition coefficient (Wildman–Crippen LogP) is 1.27. The minimum atomic E-state index is -0.530. The summed E-state index contributed by atoms with van der Waals surface area (Å²) in [5, 5.41) is 0. The van der Waals surface area contributed by atoms with Crippen LogP contribution in [0.3, 0.4) is 0 Å². The van der Waals surface area contributed by atoms with Gasteiger partial charge in [-0.2, -0.15) is 0 Å². The predicted molar refractivity (Wildman–Crippen MR) is 80.5 cm³/mol. The Balaban J connectivity index is 1.62. The van der Waals surface area contributed by atoms with E-state index in [2.05, 4.69) is 6.92 Å². The molecule has 1 aromatic rings. The van der Waals surface area contributed by atoms with E-state index in [4.69, 9.17) is 14.2 Å². The van der Waals surface area contributed by atoms with Crippen LogP contribution in [0.15, 0.2) is 30.3 Å². The summed E-state index contributed by atoms with van der Waals surface area (Å²) in [5.41, 5.74) is 0.461. The van der Waals surface area contributed by atoms with Crippen LogP contribution in [-0.2, 0) is 25.6 Å². The maximum Gasteiger partial charge on any atom is 0.309 e. The van der Waals surface area contributed by atoms with Crippen LogP contribution in [0.5, 0.6) is 0 Å². The second-order valence-corrected chi connectivity index (χ2v) is 6.13. The molecular formula is C16H21BO4. The van der Waals surface area contributed by atoms with Gasteiger partial charge in [-0.15, -0.1) is 0 Å². The Hall–Kier alpha value is -1.33. The Labute approximate surface area is 126 Å². The van der Waals surface area contributed by atoms with E-state index < -0.39 is 5.60 Å². The molecule has 5 heteroatoms. The van der Waals surface area contributed by atoms with E-state index in [1.165, 1.54) is 0 Å². The SMILES string of the molecule is B[C@@H]1O[C@@]2(CC(=O)OCc3ccccc3)[C@H](C)OC1[C@H]2C. The Morgan fingerprint density at radius 2 is 2.05 bits per heavy atom. The summed E-state index contributed by atoms with van der Waals surface area (Å²) in [4.78, 5) is 12.2. The lowest BCUT2D eigenvalue weighted by Crippen LogP contribution is -2.46. The molecule has 0 aromatic heterocycles. The van der Waals surface area contributed by atoms with Crippen LogP contribution in [0.1, 0.15) is 25.8 Å². The molecule has 4 nitrogen and oxygen atoms in total. The lowest BCUT2D eigenvalue weighted by Gasteiger charge is -2.35. The molecule has 1 aromatic carbocycles. The summed E-state index contributed by atoms with van der Waals surface area (Å²) >= 11 is 0. The Kier molecular flexibility index (Phi) is 3.80. The van der Waals surface area contributed by atoms with Gasteiger partial charge in [0.25, 0.3) is 0 Å². The maximum atomic E-state index is 12.2. The van der Waals surface area contributed by atoms with E-state index in [-0.39, 0.29) is 36.5 Å². The minimum absolute atomic E-state index is 0.0399. The molecular weight excluding hydrogens is 267 g/mol. The molecule has 0 aliphatic carbocycles. The molecule has 21 heavy (non-hydrogen) atoms. The van der Waals surface area contributed by atoms with Crippen molar-refractivity contribution in [3.63, 3.8) is 0 Å². The van der Waals surface area contributed by atoms with Crippen molar-refractivity contribution in [1.29, 1.82) is 0 Å². The van der Waals surface area contributed by atoms with Gasteiger partial charge in [-0.1, -0.05) is 37.3 Å². The number of carbonyl (C=O) groups is 1. The molecule has 2 saturated heterocycles. The van der Waals surface area contributed by atoms with Crippen LogP contribution in [0.25, 0.3) is 0 Å². The van der Waals surface area contributed by atoms with Crippen molar-refractivity contribution >= 4 is 13.8 Å². The number of carbonyl (C=O) groups excluding carboxylic acids is 1. The minimum Gasteiger partial charge on any atom is -0.461 e. The van der Waals surface area contributed by atoms with Crippen molar-refractivity contribution in [3.8, 4) is 0 Å². The summed E-state index contributed by atoms with van der Waals surface area (Å²) < 4.78 is 17.4. The molecule has 2 fully saturated rings. The quantitative estimate of drug-likeness (QED) is 0.618. The lowest BCUT2D eigenvalue weighted by molar-refractivity contribution is -0.175. The second kappa shape index (κ2) is 5.46. The first-order valence-corrected chi connectivity index (χ1v) is 7.56. The van der Waals surface area contributed by atoms with Gasteiger partial charge in [0.15, 0.2) is 0 Å². The summed E-state index contributed by atoms with van der Waals surface area (Å²) in [7, 11) is 2.00. The van der Waals surface area contributed by atoms with Crippen molar-refractivity contribution in [2.75, 3.05) is 0 Å². The largest absolute Gasteiger partial charge is 0.461 e. The number of fused-ring (bicyclic) bond motifs is 2. The monoisotopic (exact) mass is 288 g/mol. The highest BCUT2D eigenvalue weighted by Crippen LogP contribution is 2.49. The average molecular weight is 288 g/mol. The van der Waals surface area contributed by atoms with Gasteiger partial charge in [-0.25, -0.2) is 0 Å². The maximum absolute atomic E-state index is 12.2. The molecule has 2 heterocycles. The van der Waals surface area contributed by atoms with Gasteiger partial charge in [0, 0.05) is 5.92 Å². The van der Waals surface area contributed by atoms with E-state index in [1.54, 1.807) is 0 Å². The molecule has 0 radical (unpaired) electrons. The van der Waals surface area contributed by atoms with E-state index in [0.29, 0.717) is 6.61 Å². The first kappa shape index (κ1) is 14.6. The lowest BCUT2D eigenvalue weighted by atomic mass is 9.82. The molecule has 2 aliphatic rings. The van der Waals surface area contributed by atoms with E-state index in [0.717, 1.165) is 5.56 Å². The summed E-state index contributed by atoms with van der Waals surface area (Å²) in [6.45, 7) is 4.38. The molecule has 2 bridgehead atoms. The van der Waals surface area contributed by atoms with Crippen LogP contribution in [0.2, 0.25) is 0 Å². The van der Waals surface area contributed by atoms with E-state index in [1.807, 2.05) is 45.1 Å². The first-order chi connectivity index (χ1) is 10.0. The first-order valence-electron chi connectivity index (χ1n) is 7.56. The standard InChI is InChI=1S/C16H21BO4/c1-10-14-15(17)21-16(10,11(2)20-14)8-13(18)19-9-12-6-4-3-5-7-12/h3-7,10-11,14-15H,8-9,17H2,1-2H3/t10-,11+,14?,15-,16-/m1/s1. The smallest absolute Gasteiger partial charge is 0.309 e. The molecule has 5 atom stereocenters. The van der Waals surface area contributed by atoms with Gasteiger partial charge < -0.3 is 14.2 Å². The van der Waals surface area contributed by atoms with Crippen LogP contribution in [-0.4, -0.2) is 37.6 Å². The molecule has 1 unspecified atom stereocenters. The third-order valence-corrected chi connectivity index (χ3v) is 4.84. The molecule has 0 saturated carbocycles. The third-order valence-electron chi connectivity index (χ3n) is 4.84. The van der Waals surface area contributed by atoms with E-state index >= 15 is 0 Å². The van der Waals surface area contributed by atoms with Crippen molar-refractivity contribution in [2.45, 2.75) is 50.7 Å². The molecule has 112 valence electrons. The number of ether oxygens (including phenoxy) is 3. The fourth-order valence-corrected chi connectivity index (χ4v) is 3.61. The van der Waals surface area contributed by atoms with Gasteiger partial charge >= 0.3 is 5.97 Å². The van der Waals surface area contributed by atoms with E-state index in [9.17, 15) is 4.79 Å². The number of rotatable bonds is 4. The van der Waals surface area contributed by atoms with Gasteiger partial charge in [0.2, 0.25) is 0 Å². The normalized spacial score (nSPS) is 37.6.